The maximum atomic E-state index is 11.6. The van der Waals surface area contributed by atoms with E-state index in [1.807, 2.05) is 0 Å². The molecule has 1 aromatic carbocycles. The van der Waals surface area contributed by atoms with Gasteiger partial charge in [0.05, 0.1) is 6.61 Å². The second-order valence-corrected chi connectivity index (χ2v) is 3.46. The Kier molecular flexibility index (Phi) is 2.91. The Bertz CT molecular complexity index is 585. The molecule has 2 rings (SSSR count). The third-order valence-corrected chi connectivity index (χ3v) is 2.22. The van der Waals surface area contributed by atoms with Gasteiger partial charge in [0.25, 0.3) is 5.78 Å². The van der Waals surface area contributed by atoms with E-state index in [9.17, 15) is 9.59 Å². The van der Waals surface area contributed by atoms with Crippen molar-refractivity contribution in [3.63, 3.8) is 0 Å². The van der Waals surface area contributed by atoms with Crippen LogP contribution in [0, 0.1) is 6.92 Å². The van der Waals surface area contributed by atoms with Gasteiger partial charge in [0.2, 0.25) is 0 Å². The van der Waals surface area contributed by atoms with E-state index in [1.54, 1.807) is 19.9 Å². The van der Waals surface area contributed by atoms with E-state index in [4.69, 9.17) is 4.42 Å². The van der Waals surface area contributed by atoms with E-state index in [0.29, 0.717) is 17.0 Å². The van der Waals surface area contributed by atoms with Crippen LogP contribution in [0.5, 0.6) is 0 Å². The molecule has 0 amide bonds. The summed E-state index contributed by atoms with van der Waals surface area (Å²) in [6.45, 7) is 3.54. The minimum absolute atomic E-state index is 0.175. The molecular weight excluding hydrogens is 222 g/mol. The second kappa shape index (κ2) is 4.37. The number of nitrogens with zero attached hydrogens (tertiary/aromatic N) is 1. The van der Waals surface area contributed by atoms with Crippen LogP contribution in [-0.2, 0) is 9.53 Å². The first-order valence-corrected chi connectivity index (χ1v) is 5.20. The summed E-state index contributed by atoms with van der Waals surface area (Å²) in [6, 6.07) is 4.66. The van der Waals surface area contributed by atoms with Crippen LogP contribution in [-0.4, -0.2) is 23.3 Å². The Hall–Kier alpha value is -2.17. The molecule has 0 radical (unpaired) electrons. The van der Waals surface area contributed by atoms with Gasteiger partial charge < -0.3 is 9.15 Å². The standard InChI is InChI=1S/C12H11NO4/c1-3-16-12(15)11(14)8-4-5-9-10(6-8)17-7(2)13-9/h4-6H,3H2,1-2H3. The predicted molar refractivity (Wildman–Crippen MR) is 59.7 cm³/mol. The number of hydrogen-bond donors (Lipinski definition) is 0. The van der Waals surface area contributed by atoms with Crippen molar-refractivity contribution < 1.29 is 18.7 Å². The van der Waals surface area contributed by atoms with Gasteiger partial charge in [-0.1, -0.05) is 0 Å². The highest BCUT2D eigenvalue weighted by Gasteiger charge is 2.18. The monoisotopic (exact) mass is 233 g/mol. The number of ether oxygens (including phenoxy) is 1. The largest absolute Gasteiger partial charge is 0.460 e. The first kappa shape index (κ1) is 11.3. The Morgan fingerprint density at radius 3 is 2.88 bits per heavy atom. The van der Waals surface area contributed by atoms with Crippen molar-refractivity contribution in [2.24, 2.45) is 0 Å². The van der Waals surface area contributed by atoms with Crippen LogP contribution in [0.2, 0.25) is 0 Å². The number of carbonyl (C=O) groups excluding carboxylic acids is 2. The fourth-order valence-electron chi connectivity index (χ4n) is 1.50. The zero-order valence-electron chi connectivity index (χ0n) is 9.52. The van der Waals surface area contributed by atoms with E-state index in [-0.39, 0.29) is 12.2 Å². The Morgan fingerprint density at radius 2 is 2.18 bits per heavy atom. The topological polar surface area (TPSA) is 69.4 Å². The Morgan fingerprint density at radius 1 is 1.41 bits per heavy atom. The molecule has 5 heteroatoms. The molecule has 0 saturated heterocycles. The van der Waals surface area contributed by atoms with Crippen LogP contribution in [0.15, 0.2) is 22.6 Å². The number of hydrogen-bond acceptors (Lipinski definition) is 5. The van der Waals surface area contributed by atoms with Crippen LogP contribution in [0.3, 0.4) is 0 Å². The Balaban J connectivity index is 2.35. The third kappa shape index (κ3) is 2.18. The number of ketones is 1. The van der Waals surface area contributed by atoms with Crippen LogP contribution in [0.4, 0.5) is 0 Å². The van der Waals surface area contributed by atoms with Crippen molar-refractivity contribution in [1.82, 2.24) is 4.98 Å². The van der Waals surface area contributed by atoms with E-state index in [0.717, 1.165) is 0 Å². The lowest BCUT2D eigenvalue weighted by Gasteiger charge is -2.00. The van der Waals surface area contributed by atoms with Crippen LogP contribution in [0.1, 0.15) is 23.2 Å². The summed E-state index contributed by atoms with van der Waals surface area (Å²) in [5.74, 6) is -1.02. The van der Waals surface area contributed by atoms with Gasteiger partial charge in [-0.2, -0.15) is 0 Å². The van der Waals surface area contributed by atoms with Crippen molar-refractivity contribution in [3.8, 4) is 0 Å². The summed E-state index contributed by atoms with van der Waals surface area (Å²) in [4.78, 5) is 27.0. The highest BCUT2D eigenvalue weighted by atomic mass is 16.5. The summed E-state index contributed by atoms with van der Waals surface area (Å²) in [6.07, 6.45) is 0. The van der Waals surface area contributed by atoms with E-state index < -0.39 is 11.8 Å². The molecule has 2 aromatic rings. The zero-order chi connectivity index (χ0) is 12.4. The smallest absolute Gasteiger partial charge is 0.379 e. The van der Waals surface area contributed by atoms with Crippen LogP contribution >= 0.6 is 0 Å². The first-order chi connectivity index (χ1) is 8.11. The molecule has 0 unspecified atom stereocenters. The maximum absolute atomic E-state index is 11.6. The van der Waals surface area contributed by atoms with Gasteiger partial charge in [-0.05, 0) is 25.1 Å². The van der Waals surface area contributed by atoms with Crippen molar-refractivity contribution in [1.29, 1.82) is 0 Å². The molecule has 0 aliphatic carbocycles. The number of carbonyl (C=O) groups is 2. The molecule has 0 fully saturated rings. The molecule has 0 atom stereocenters. The molecule has 0 saturated carbocycles. The van der Waals surface area contributed by atoms with Gasteiger partial charge in [-0.15, -0.1) is 0 Å². The van der Waals surface area contributed by atoms with Crippen molar-refractivity contribution in [2.45, 2.75) is 13.8 Å². The minimum Gasteiger partial charge on any atom is -0.460 e. The number of benzene rings is 1. The molecule has 1 heterocycles. The van der Waals surface area contributed by atoms with Gasteiger partial charge in [0.1, 0.15) is 5.52 Å². The summed E-state index contributed by atoms with van der Waals surface area (Å²) in [5.41, 5.74) is 1.38. The van der Waals surface area contributed by atoms with Gasteiger partial charge in [-0.25, -0.2) is 9.78 Å². The number of aryl methyl sites for hydroxylation is 1. The molecule has 0 aliphatic heterocycles. The SMILES string of the molecule is CCOC(=O)C(=O)c1ccc2nc(C)oc2c1. The molecule has 0 N–H and O–H groups in total. The summed E-state index contributed by atoms with van der Waals surface area (Å²) in [7, 11) is 0. The normalized spacial score (nSPS) is 10.5. The summed E-state index contributed by atoms with van der Waals surface area (Å²) in [5, 5.41) is 0. The van der Waals surface area contributed by atoms with Crippen LogP contribution in [0.25, 0.3) is 11.1 Å². The van der Waals surface area contributed by atoms with Gasteiger partial charge in [0, 0.05) is 12.5 Å². The fraction of sp³-hybridized carbons (Fsp3) is 0.250. The number of fused-ring (bicyclic) bond motifs is 1. The zero-order valence-corrected chi connectivity index (χ0v) is 9.52. The summed E-state index contributed by atoms with van der Waals surface area (Å²) < 4.78 is 9.92. The average Bonchev–Trinajstić information content (AvgIpc) is 2.67. The number of aromatic nitrogens is 1. The van der Waals surface area contributed by atoms with Crippen LogP contribution < -0.4 is 0 Å². The lowest BCUT2D eigenvalue weighted by Crippen LogP contribution is -2.17. The molecule has 5 nitrogen and oxygen atoms in total. The van der Waals surface area contributed by atoms with E-state index >= 15 is 0 Å². The quantitative estimate of drug-likeness (QED) is 0.460. The number of Topliss-reactive ketones (excluding diaryl/α,β-unsaturated/α-hetero) is 1. The predicted octanol–water partition coefficient (Wildman–Crippen LogP) is 1.88. The average molecular weight is 233 g/mol. The van der Waals surface area contributed by atoms with E-state index in [1.165, 1.54) is 12.1 Å². The maximum Gasteiger partial charge on any atom is 0.379 e. The molecule has 0 spiro atoms. The molecule has 88 valence electrons. The molecule has 0 bridgehead atoms. The lowest BCUT2D eigenvalue weighted by atomic mass is 10.1. The van der Waals surface area contributed by atoms with E-state index in [2.05, 4.69) is 9.72 Å². The number of oxazole rings is 1. The van der Waals surface area contributed by atoms with Crippen molar-refractivity contribution in [2.75, 3.05) is 6.61 Å². The minimum atomic E-state index is -0.858. The molecule has 17 heavy (non-hydrogen) atoms. The van der Waals surface area contributed by atoms with Crippen molar-refractivity contribution >= 4 is 22.9 Å². The molecule has 1 aromatic heterocycles. The number of rotatable bonds is 3. The van der Waals surface area contributed by atoms with Gasteiger partial charge >= 0.3 is 5.97 Å². The summed E-state index contributed by atoms with van der Waals surface area (Å²) >= 11 is 0. The number of esters is 1. The highest BCUT2D eigenvalue weighted by Crippen LogP contribution is 2.17. The van der Waals surface area contributed by atoms with Crippen molar-refractivity contribution in [3.05, 3.63) is 29.7 Å². The molecule has 0 aliphatic rings. The van der Waals surface area contributed by atoms with Gasteiger partial charge in [0.15, 0.2) is 11.5 Å². The van der Waals surface area contributed by atoms with Gasteiger partial charge in [-0.3, -0.25) is 4.79 Å². The second-order valence-electron chi connectivity index (χ2n) is 3.46. The lowest BCUT2D eigenvalue weighted by molar-refractivity contribution is -0.137. The fourth-order valence-corrected chi connectivity index (χ4v) is 1.50. The third-order valence-electron chi connectivity index (χ3n) is 2.22. The highest BCUT2D eigenvalue weighted by molar-refractivity contribution is 6.40. The Labute approximate surface area is 97.4 Å². The first-order valence-electron chi connectivity index (χ1n) is 5.20. The molecular formula is C12H11NO4.